The third-order valence-electron chi connectivity index (χ3n) is 13.7. The molecule has 0 N–H and O–H groups in total. The van der Waals surface area contributed by atoms with E-state index in [1.54, 1.807) is 0 Å². The van der Waals surface area contributed by atoms with Gasteiger partial charge >= 0.3 is 0 Å². The quantitative estimate of drug-likeness (QED) is 0.177. The first-order valence-electron chi connectivity index (χ1n) is 20.5. The highest BCUT2D eigenvalue weighted by Gasteiger charge is 2.47. The van der Waals surface area contributed by atoms with Crippen LogP contribution in [0.1, 0.15) is 82.8 Å². The maximum Gasteiger partial charge on any atom is 0.136 e. The summed E-state index contributed by atoms with van der Waals surface area (Å²) < 4.78 is 17.3. The molecular weight excluding hydrogens is 681 g/mol. The molecule has 0 amide bonds. The van der Waals surface area contributed by atoms with Crippen LogP contribution in [0.25, 0.3) is 33.5 Å². The smallest absolute Gasteiger partial charge is 0.136 e. The summed E-state index contributed by atoms with van der Waals surface area (Å²) in [6.45, 7) is 4.97. The third-order valence-corrected chi connectivity index (χ3v) is 13.7. The first-order valence-corrected chi connectivity index (χ1v) is 20.5. The Bertz CT molecular complexity index is 2180. The predicted octanol–water partition coefficient (Wildman–Crippen LogP) is 9.28. The molecule has 6 aliphatic heterocycles. The second-order valence-corrected chi connectivity index (χ2v) is 17.1. The lowest BCUT2D eigenvalue weighted by atomic mass is 9.80. The van der Waals surface area contributed by atoms with Crippen LogP contribution < -0.4 is 9.47 Å². The molecule has 4 atom stereocenters. The lowest BCUT2D eigenvalue weighted by molar-refractivity contribution is -0.0252. The third kappa shape index (κ3) is 6.41. The Kier molecular flexibility index (Phi) is 8.74. The van der Waals surface area contributed by atoms with E-state index in [1.165, 1.54) is 111 Å². The number of hydrogen-bond acceptors (Lipinski definition) is 6. The van der Waals surface area contributed by atoms with Gasteiger partial charge in [-0.25, -0.2) is 9.97 Å². The van der Waals surface area contributed by atoms with E-state index >= 15 is 0 Å². The van der Waals surface area contributed by atoms with Crippen LogP contribution in [0, 0.1) is 0 Å². The van der Waals surface area contributed by atoms with Crippen molar-refractivity contribution in [1.82, 2.24) is 28.6 Å². The lowest BCUT2D eigenvalue weighted by Crippen LogP contribution is -2.54. The van der Waals surface area contributed by atoms with E-state index in [2.05, 4.69) is 102 Å². The zero-order valence-electron chi connectivity index (χ0n) is 31.2. The van der Waals surface area contributed by atoms with Crippen molar-refractivity contribution in [3.63, 3.8) is 0 Å². The molecule has 8 nitrogen and oxygen atoms in total. The van der Waals surface area contributed by atoms with Crippen molar-refractivity contribution >= 4 is 11.3 Å². The van der Waals surface area contributed by atoms with E-state index in [0.717, 1.165) is 60.6 Å². The Morgan fingerprint density at radius 1 is 0.545 bits per heavy atom. The summed E-state index contributed by atoms with van der Waals surface area (Å²) in [5.74, 6) is 2.21. The van der Waals surface area contributed by atoms with Crippen LogP contribution in [0.3, 0.4) is 0 Å². The largest absolute Gasteiger partial charge is 0.487 e. The molecule has 0 bridgehead atoms. The Morgan fingerprint density at radius 3 is 1.51 bits per heavy atom. The zero-order chi connectivity index (χ0) is 35.7. The van der Waals surface area contributed by atoms with Crippen LogP contribution >= 0.6 is 0 Å². The number of aromatic nitrogens is 4. The molecule has 8 heteroatoms. The number of nitrogens with zero attached hydrogens (tertiary/aromatic N) is 6. The highest BCUT2D eigenvalue weighted by Crippen LogP contribution is 2.47. The lowest BCUT2D eigenvalue weighted by Gasteiger charge is -2.46. The minimum absolute atomic E-state index is 0. The van der Waals surface area contributed by atoms with Crippen molar-refractivity contribution < 1.29 is 9.47 Å². The highest BCUT2D eigenvalue weighted by atomic mass is 16.5. The van der Waals surface area contributed by atoms with Gasteiger partial charge in [0.15, 0.2) is 0 Å². The maximum atomic E-state index is 6.59. The van der Waals surface area contributed by atoms with Gasteiger partial charge in [-0.2, -0.15) is 0 Å². The molecule has 0 unspecified atom stereocenters. The van der Waals surface area contributed by atoms with E-state index in [0.29, 0.717) is 0 Å². The topological polar surface area (TPSA) is 59.5 Å². The second kappa shape index (κ2) is 13.8. The minimum Gasteiger partial charge on any atom is -0.487 e. The fourth-order valence-electron chi connectivity index (χ4n) is 10.8. The van der Waals surface area contributed by atoms with Gasteiger partial charge in [0, 0.05) is 101 Å². The van der Waals surface area contributed by atoms with E-state index in [9.17, 15) is 0 Å². The molecule has 4 fully saturated rings. The molecule has 4 aromatic heterocycles. The molecule has 0 saturated carbocycles. The number of piperidine rings is 4. The van der Waals surface area contributed by atoms with Crippen LogP contribution in [-0.2, 0) is 12.8 Å². The van der Waals surface area contributed by atoms with Gasteiger partial charge in [0.25, 0.3) is 0 Å². The first-order chi connectivity index (χ1) is 26.6. The van der Waals surface area contributed by atoms with Crippen LogP contribution in [0.2, 0.25) is 0 Å². The van der Waals surface area contributed by atoms with Gasteiger partial charge in [-0.05, 0) is 121 Å². The molecule has 12 rings (SSSR count). The summed E-state index contributed by atoms with van der Waals surface area (Å²) in [5.41, 5.74) is 9.78. The van der Waals surface area contributed by atoms with Crippen molar-refractivity contribution in [3.05, 3.63) is 109 Å². The standard InChI is InChI=1S/2C23H25N3O.CH4/c2*1-2-10-25-11-8-23(15-20(25)3-1)14-19-13-17(4-6-21(19)27-23)18-5-7-22-24-9-12-26(22)16-18;/h2*4-7,9,12-13,16,20H,1-3,8,10-11,14-15H2;1H4/t2*20-,23+;/m11./s1. The number of hydrogen-bond donors (Lipinski definition) is 0. The fourth-order valence-corrected chi connectivity index (χ4v) is 10.8. The van der Waals surface area contributed by atoms with Gasteiger partial charge in [-0.15, -0.1) is 0 Å². The molecule has 0 radical (unpaired) electrons. The number of rotatable bonds is 2. The summed E-state index contributed by atoms with van der Waals surface area (Å²) in [5, 5.41) is 0. The van der Waals surface area contributed by atoms with E-state index in [1.807, 2.05) is 24.8 Å². The number of benzene rings is 2. The van der Waals surface area contributed by atoms with Gasteiger partial charge in [0.2, 0.25) is 0 Å². The summed E-state index contributed by atoms with van der Waals surface area (Å²) in [7, 11) is 0. The monoisotopic (exact) mass is 734 g/mol. The molecule has 2 spiro atoms. The Morgan fingerprint density at radius 2 is 1.02 bits per heavy atom. The minimum atomic E-state index is 0. The zero-order valence-corrected chi connectivity index (χ0v) is 31.2. The number of imidazole rings is 2. The van der Waals surface area contributed by atoms with E-state index in [4.69, 9.17) is 9.47 Å². The summed E-state index contributed by atoms with van der Waals surface area (Å²) >= 11 is 0. The van der Waals surface area contributed by atoms with Crippen LogP contribution in [0.4, 0.5) is 0 Å². The Hall–Kier alpha value is -4.66. The number of ether oxygens (including phenoxy) is 2. The van der Waals surface area contributed by atoms with Gasteiger partial charge in [-0.3, -0.25) is 0 Å². The molecule has 10 heterocycles. The number of pyridine rings is 2. The van der Waals surface area contributed by atoms with E-state index < -0.39 is 0 Å². The SMILES string of the molecule is C.c1cn2cc(-c3ccc4c(c3)C[C@]3(CCN5CCCC[C@@H]5C3)O4)ccc2n1.c1cn2cc(-c3ccc4c(c3)C[C@]3(CCN5CCCC[C@@H]5C3)O4)ccc2n1. The van der Waals surface area contributed by atoms with Gasteiger partial charge < -0.3 is 28.1 Å². The molecule has 2 aromatic carbocycles. The van der Waals surface area contributed by atoms with Crippen molar-refractivity contribution in [2.45, 2.75) is 108 Å². The normalized spacial score (nSPS) is 27.0. The Labute approximate surface area is 325 Å². The van der Waals surface area contributed by atoms with Gasteiger partial charge in [0.1, 0.15) is 34.0 Å². The van der Waals surface area contributed by atoms with E-state index in [-0.39, 0.29) is 18.6 Å². The average Bonchev–Trinajstić information content (AvgIpc) is 4.01. The van der Waals surface area contributed by atoms with Crippen molar-refractivity contribution in [3.8, 4) is 33.8 Å². The molecular formula is C47H54N6O2. The van der Waals surface area contributed by atoms with Gasteiger partial charge in [-0.1, -0.05) is 32.4 Å². The van der Waals surface area contributed by atoms with Crippen LogP contribution in [0.5, 0.6) is 11.5 Å². The summed E-state index contributed by atoms with van der Waals surface area (Å²) in [6.07, 6.45) is 27.0. The number of fused-ring (bicyclic) bond motifs is 6. The molecule has 4 saturated heterocycles. The van der Waals surface area contributed by atoms with Crippen LogP contribution in [-0.4, -0.2) is 78.0 Å². The van der Waals surface area contributed by atoms with Crippen LogP contribution in [0.15, 0.2) is 97.8 Å². The molecule has 55 heavy (non-hydrogen) atoms. The second-order valence-electron chi connectivity index (χ2n) is 17.1. The Balaban J connectivity index is 0.000000133. The molecule has 0 aliphatic carbocycles. The molecule has 6 aliphatic rings. The van der Waals surface area contributed by atoms with Crippen molar-refractivity contribution in [2.75, 3.05) is 26.2 Å². The van der Waals surface area contributed by atoms with Crippen molar-refractivity contribution in [1.29, 1.82) is 0 Å². The van der Waals surface area contributed by atoms with Crippen molar-refractivity contribution in [2.24, 2.45) is 0 Å². The highest BCUT2D eigenvalue weighted by molar-refractivity contribution is 5.68. The maximum absolute atomic E-state index is 6.59. The van der Waals surface area contributed by atoms with Gasteiger partial charge in [0.05, 0.1) is 0 Å². The summed E-state index contributed by atoms with van der Waals surface area (Å²) in [4.78, 5) is 14.1. The molecule has 284 valence electrons. The summed E-state index contributed by atoms with van der Waals surface area (Å²) in [6, 6.07) is 23.4. The first kappa shape index (κ1) is 34.8. The fraction of sp³-hybridized carbons (Fsp3) is 0.447. The predicted molar refractivity (Wildman–Crippen MR) is 219 cm³/mol. The average molecular weight is 735 g/mol. The molecule has 6 aromatic rings.